The normalized spacial score (nSPS) is 15.8. The molecule has 2 heterocycles. The van der Waals surface area contributed by atoms with Crippen LogP contribution in [0, 0.1) is 6.92 Å². The van der Waals surface area contributed by atoms with Gasteiger partial charge in [0, 0.05) is 26.7 Å². The Morgan fingerprint density at radius 2 is 1.96 bits per heavy atom. The number of carbonyl (C=O) groups excluding carboxylic acids is 1. The number of nitrogens with zero attached hydrogens (tertiary/aromatic N) is 2. The van der Waals surface area contributed by atoms with Crippen LogP contribution in [0.5, 0.6) is 5.75 Å². The van der Waals surface area contributed by atoms with Crippen molar-refractivity contribution >= 4 is 6.03 Å². The fourth-order valence-corrected chi connectivity index (χ4v) is 3.17. The molecule has 1 aliphatic rings. The molecule has 0 aliphatic carbocycles. The number of benzene rings is 1. The predicted octanol–water partition coefficient (Wildman–Crippen LogP) is 2.68. The van der Waals surface area contributed by atoms with Crippen LogP contribution < -0.4 is 10.1 Å². The van der Waals surface area contributed by atoms with E-state index in [4.69, 9.17) is 13.9 Å². The number of hydrogen-bond donors (Lipinski definition) is 1. The van der Waals surface area contributed by atoms with Crippen molar-refractivity contribution in [3.8, 4) is 5.75 Å². The zero-order chi connectivity index (χ0) is 19.8. The highest BCUT2D eigenvalue weighted by atomic mass is 16.5. The second-order valence-corrected chi connectivity index (χ2v) is 6.88. The topological polar surface area (TPSA) is 67.2 Å². The summed E-state index contributed by atoms with van der Waals surface area (Å²) in [6.45, 7) is 6.39. The molecule has 7 nitrogen and oxygen atoms in total. The average molecular weight is 387 g/mol. The molecule has 152 valence electrons. The molecule has 0 bridgehead atoms. The lowest BCUT2D eigenvalue weighted by atomic mass is 10.1. The molecule has 0 spiro atoms. The summed E-state index contributed by atoms with van der Waals surface area (Å²) in [4.78, 5) is 16.4. The molecule has 0 radical (unpaired) electrons. The van der Waals surface area contributed by atoms with E-state index in [9.17, 15) is 4.79 Å². The molecule has 2 aromatic rings. The maximum absolute atomic E-state index is 12.5. The molecule has 1 atom stereocenters. The standard InChI is InChI=1S/C21H29N3O4/c1-17-8-9-20(28-17)19(24-11-13-26-14-12-24)16-22-21(25)23(2)10-15-27-18-6-4-3-5-7-18/h3-9,19H,10-16H2,1-2H3,(H,22,25). The summed E-state index contributed by atoms with van der Waals surface area (Å²) in [7, 11) is 1.77. The zero-order valence-corrected chi connectivity index (χ0v) is 16.6. The predicted molar refractivity (Wildman–Crippen MR) is 107 cm³/mol. The van der Waals surface area contributed by atoms with Crippen molar-refractivity contribution in [1.82, 2.24) is 15.1 Å². The Labute approximate surface area is 166 Å². The van der Waals surface area contributed by atoms with E-state index < -0.39 is 0 Å². The Morgan fingerprint density at radius 1 is 1.21 bits per heavy atom. The van der Waals surface area contributed by atoms with Crippen LogP contribution in [0.25, 0.3) is 0 Å². The van der Waals surface area contributed by atoms with Gasteiger partial charge in [-0.25, -0.2) is 4.79 Å². The molecule has 3 rings (SSSR count). The highest BCUT2D eigenvalue weighted by Gasteiger charge is 2.26. The summed E-state index contributed by atoms with van der Waals surface area (Å²) in [6, 6.07) is 13.4. The lowest BCUT2D eigenvalue weighted by Gasteiger charge is -2.33. The second kappa shape index (κ2) is 10.1. The van der Waals surface area contributed by atoms with Crippen LogP contribution in [-0.4, -0.2) is 68.9 Å². The molecule has 1 saturated heterocycles. The van der Waals surface area contributed by atoms with Crippen molar-refractivity contribution < 1.29 is 18.7 Å². The molecule has 7 heteroatoms. The number of hydrogen-bond acceptors (Lipinski definition) is 5. The van der Waals surface area contributed by atoms with Crippen LogP contribution in [-0.2, 0) is 4.74 Å². The largest absolute Gasteiger partial charge is 0.492 e. The minimum atomic E-state index is -0.127. The number of ether oxygens (including phenoxy) is 2. The quantitative estimate of drug-likeness (QED) is 0.754. The first-order chi connectivity index (χ1) is 13.6. The Morgan fingerprint density at radius 3 is 2.64 bits per heavy atom. The number of furan rings is 1. The van der Waals surface area contributed by atoms with Crippen molar-refractivity contribution in [3.05, 3.63) is 54.0 Å². The van der Waals surface area contributed by atoms with E-state index in [0.29, 0.717) is 32.9 Å². The highest BCUT2D eigenvalue weighted by Crippen LogP contribution is 2.23. The van der Waals surface area contributed by atoms with Gasteiger partial charge in [-0.2, -0.15) is 0 Å². The van der Waals surface area contributed by atoms with Crippen LogP contribution in [0.3, 0.4) is 0 Å². The maximum atomic E-state index is 12.5. The summed E-state index contributed by atoms with van der Waals surface area (Å²) in [6.07, 6.45) is 0. The third kappa shape index (κ3) is 5.74. The molecule has 1 aliphatic heterocycles. The molecule has 1 fully saturated rings. The monoisotopic (exact) mass is 387 g/mol. The van der Waals surface area contributed by atoms with E-state index in [1.54, 1.807) is 11.9 Å². The number of aryl methyl sites for hydroxylation is 1. The molecule has 1 aromatic carbocycles. The van der Waals surface area contributed by atoms with Gasteiger partial charge in [0.05, 0.1) is 25.8 Å². The lowest BCUT2D eigenvalue weighted by Crippen LogP contribution is -2.46. The number of para-hydroxylation sites is 1. The zero-order valence-electron chi connectivity index (χ0n) is 16.6. The van der Waals surface area contributed by atoms with E-state index in [1.165, 1.54) is 0 Å². The third-order valence-electron chi connectivity index (χ3n) is 4.81. The molecule has 1 N–H and O–H groups in total. The van der Waals surface area contributed by atoms with Crippen molar-refractivity contribution in [2.24, 2.45) is 0 Å². The number of carbonyl (C=O) groups is 1. The van der Waals surface area contributed by atoms with E-state index in [0.717, 1.165) is 30.4 Å². The van der Waals surface area contributed by atoms with Crippen molar-refractivity contribution in [1.29, 1.82) is 0 Å². The van der Waals surface area contributed by atoms with Crippen molar-refractivity contribution in [2.75, 3.05) is 53.0 Å². The molecule has 0 saturated carbocycles. The minimum absolute atomic E-state index is 0.00415. The Hall–Kier alpha value is -2.51. The number of urea groups is 1. The number of rotatable bonds is 8. The summed E-state index contributed by atoms with van der Waals surface area (Å²) >= 11 is 0. The molecule has 1 unspecified atom stereocenters. The minimum Gasteiger partial charge on any atom is -0.492 e. The smallest absolute Gasteiger partial charge is 0.317 e. The van der Waals surface area contributed by atoms with Gasteiger partial charge in [0.25, 0.3) is 0 Å². The molecule has 2 amide bonds. The fraction of sp³-hybridized carbons (Fsp3) is 0.476. The number of likely N-dealkylation sites (N-methyl/N-ethyl adjacent to an activating group) is 1. The van der Waals surface area contributed by atoms with Gasteiger partial charge in [-0.1, -0.05) is 18.2 Å². The first-order valence-corrected chi connectivity index (χ1v) is 9.68. The van der Waals surface area contributed by atoms with E-state index in [1.807, 2.05) is 49.4 Å². The lowest BCUT2D eigenvalue weighted by molar-refractivity contribution is 0.0119. The molecular formula is C21H29N3O4. The van der Waals surface area contributed by atoms with Crippen LogP contribution in [0.15, 0.2) is 46.9 Å². The third-order valence-corrected chi connectivity index (χ3v) is 4.81. The number of amides is 2. The summed E-state index contributed by atoms with van der Waals surface area (Å²) < 4.78 is 17.0. The van der Waals surface area contributed by atoms with Gasteiger partial charge in [-0.05, 0) is 31.2 Å². The van der Waals surface area contributed by atoms with Gasteiger partial charge in [0.1, 0.15) is 23.9 Å². The molecule has 1 aromatic heterocycles. The van der Waals surface area contributed by atoms with Crippen LogP contribution in [0.2, 0.25) is 0 Å². The van der Waals surface area contributed by atoms with Crippen molar-refractivity contribution in [3.63, 3.8) is 0 Å². The van der Waals surface area contributed by atoms with Gasteiger partial charge in [-0.15, -0.1) is 0 Å². The summed E-state index contributed by atoms with van der Waals surface area (Å²) in [5.74, 6) is 2.54. The summed E-state index contributed by atoms with van der Waals surface area (Å²) in [5.41, 5.74) is 0. The van der Waals surface area contributed by atoms with Gasteiger partial charge >= 0.3 is 6.03 Å². The Bertz CT molecular complexity index is 728. The highest BCUT2D eigenvalue weighted by molar-refractivity contribution is 5.73. The van der Waals surface area contributed by atoms with E-state index in [2.05, 4.69) is 10.2 Å². The van der Waals surface area contributed by atoms with Gasteiger partial charge < -0.3 is 24.1 Å². The number of nitrogens with one attached hydrogen (secondary N) is 1. The SMILES string of the molecule is Cc1ccc(C(CNC(=O)N(C)CCOc2ccccc2)N2CCOCC2)o1. The summed E-state index contributed by atoms with van der Waals surface area (Å²) in [5, 5.41) is 3.03. The van der Waals surface area contributed by atoms with Gasteiger partial charge in [0.2, 0.25) is 0 Å². The van der Waals surface area contributed by atoms with Crippen LogP contribution in [0.1, 0.15) is 17.6 Å². The van der Waals surface area contributed by atoms with Gasteiger partial charge in [-0.3, -0.25) is 4.90 Å². The van der Waals surface area contributed by atoms with Gasteiger partial charge in [0.15, 0.2) is 0 Å². The van der Waals surface area contributed by atoms with Crippen LogP contribution >= 0.6 is 0 Å². The maximum Gasteiger partial charge on any atom is 0.317 e. The van der Waals surface area contributed by atoms with E-state index >= 15 is 0 Å². The second-order valence-electron chi connectivity index (χ2n) is 6.88. The Balaban J connectivity index is 1.49. The fourth-order valence-electron chi connectivity index (χ4n) is 3.17. The molecule has 28 heavy (non-hydrogen) atoms. The molecular weight excluding hydrogens is 358 g/mol. The van der Waals surface area contributed by atoms with Crippen molar-refractivity contribution in [2.45, 2.75) is 13.0 Å². The number of morpholine rings is 1. The van der Waals surface area contributed by atoms with E-state index in [-0.39, 0.29) is 12.1 Å². The first kappa shape index (κ1) is 20.2. The Kier molecular flexibility index (Phi) is 7.33. The van der Waals surface area contributed by atoms with Crippen LogP contribution in [0.4, 0.5) is 4.79 Å². The average Bonchev–Trinajstić information content (AvgIpc) is 3.15. The first-order valence-electron chi connectivity index (χ1n) is 9.68.